The molecule has 6 nitrogen and oxygen atoms in total. The van der Waals surface area contributed by atoms with Crippen LogP contribution in [0.3, 0.4) is 0 Å². The zero-order chi connectivity index (χ0) is 23.9. The summed E-state index contributed by atoms with van der Waals surface area (Å²) < 4.78 is 11.4. The summed E-state index contributed by atoms with van der Waals surface area (Å²) >= 11 is 12.2. The van der Waals surface area contributed by atoms with Crippen molar-refractivity contribution in [3.8, 4) is 11.5 Å². The second-order valence-electron chi connectivity index (χ2n) is 8.88. The summed E-state index contributed by atoms with van der Waals surface area (Å²) in [7, 11) is 1.60. The first kappa shape index (κ1) is 25.1. The number of nitrogens with zero attached hydrogens (tertiary/aromatic N) is 3. The van der Waals surface area contributed by atoms with E-state index < -0.39 is 0 Å². The number of piperazine rings is 1. The Labute approximate surface area is 212 Å². The number of methoxy groups -OCH3 is 1. The number of amides is 1. The van der Waals surface area contributed by atoms with Crippen LogP contribution in [0.25, 0.3) is 0 Å². The molecule has 2 fully saturated rings. The van der Waals surface area contributed by atoms with Gasteiger partial charge in [0.15, 0.2) is 11.5 Å². The molecule has 34 heavy (non-hydrogen) atoms. The number of halogens is 2. The lowest BCUT2D eigenvalue weighted by Crippen LogP contribution is -2.50. The second kappa shape index (κ2) is 12.1. The molecule has 2 aliphatic rings. The van der Waals surface area contributed by atoms with E-state index in [-0.39, 0.29) is 5.91 Å². The Morgan fingerprint density at radius 1 is 0.882 bits per heavy atom. The van der Waals surface area contributed by atoms with E-state index in [2.05, 4.69) is 9.80 Å². The predicted octanol–water partition coefficient (Wildman–Crippen LogP) is 4.48. The molecule has 0 spiro atoms. The third kappa shape index (κ3) is 6.57. The van der Waals surface area contributed by atoms with Crippen molar-refractivity contribution in [3.05, 3.63) is 57.6 Å². The molecule has 0 aromatic heterocycles. The van der Waals surface area contributed by atoms with Crippen molar-refractivity contribution < 1.29 is 14.3 Å². The van der Waals surface area contributed by atoms with Gasteiger partial charge in [0.1, 0.15) is 0 Å². The summed E-state index contributed by atoms with van der Waals surface area (Å²) in [6.45, 7) is 8.41. The Morgan fingerprint density at radius 3 is 2.26 bits per heavy atom. The Kier molecular flexibility index (Phi) is 8.95. The van der Waals surface area contributed by atoms with Gasteiger partial charge in [-0.1, -0.05) is 29.3 Å². The van der Waals surface area contributed by atoms with Gasteiger partial charge >= 0.3 is 0 Å². The van der Waals surface area contributed by atoms with Crippen LogP contribution >= 0.6 is 23.2 Å². The average Bonchev–Trinajstić information content (AvgIpc) is 3.38. The molecule has 0 saturated carbocycles. The third-order valence-electron chi connectivity index (χ3n) is 6.65. The van der Waals surface area contributed by atoms with Crippen LogP contribution in [0.2, 0.25) is 10.0 Å². The molecule has 0 bridgehead atoms. The van der Waals surface area contributed by atoms with Crippen LogP contribution in [0.15, 0.2) is 36.4 Å². The van der Waals surface area contributed by atoms with Crippen LogP contribution in [0.1, 0.15) is 28.8 Å². The van der Waals surface area contributed by atoms with Crippen LogP contribution in [-0.2, 0) is 6.42 Å². The number of hydrogen-bond acceptors (Lipinski definition) is 5. The highest BCUT2D eigenvalue weighted by Gasteiger charge is 2.23. The van der Waals surface area contributed by atoms with Crippen molar-refractivity contribution in [3.63, 3.8) is 0 Å². The normalized spacial score (nSPS) is 17.2. The number of likely N-dealkylation sites (tertiary alicyclic amines) is 1. The van der Waals surface area contributed by atoms with Gasteiger partial charge in [-0.05, 0) is 61.8 Å². The van der Waals surface area contributed by atoms with Crippen LogP contribution in [-0.4, -0.2) is 86.7 Å². The van der Waals surface area contributed by atoms with Crippen molar-refractivity contribution in [2.45, 2.75) is 19.3 Å². The van der Waals surface area contributed by atoms with Gasteiger partial charge in [-0.25, -0.2) is 0 Å². The number of benzene rings is 2. The molecule has 0 radical (unpaired) electrons. The minimum absolute atomic E-state index is 0.0347. The number of ether oxygens (including phenoxy) is 2. The summed E-state index contributed by atoms with van der Waals surface area (Å²) in [5.41, 5.74) is 1.57. The van der Waals surface area contributed by atoms with Crippen molar-refractivity contribution >= 4 is 29.1 Å². The van der Waals surface area contributed by atoms with Crippen LogP contribution < -0.4 is 9.47 Å². The van der Waals surface area contributed by atoms with E-state index in [1.54, 1.807) is 25.3 Å². The molecule has 2 aliphatic heterocycles. The quantitative estimate of drug-likeness (QED) is 0.502. The Bertz CT molecular complexity index is 974. The molecule has 0 atom stereocenters. The van der Waals surface area contributed by atoms with Gasteiger partial charge in [0.25, 0.3) is 5.91 Å². The molecule has 2 aromatic carbocycles. The summed E-state index contributed by atoms with van der Waals surface area (Å²) in [5.74, 6) is 1.20. The molecule has 2 aromatic rings. The summed E-state index contributed by atoms with van der Waals surface area (Å²) in [4.78, 5) is 20.1. The Balaban J connectivity index is 1.31. The first-order valence-electron chi connectivity index (χ1n) is 12.0. The zero-order valence-electron chi connectivity index (χ0n) is 19.8. The number of hydrogen-bond donors (Lipinski definition) is 0. The molecule has 2 saturated heterocycles. The molecule has 1 amide bonds. The maximum Gasteiger partial charge on any atom is 0.254 e. The second-order valence-corrected chi connectivity index (χ2v) is 9.73. The molecule has 8 heteroatoms. The standard InChI is InChI=1S/C26H33Cl2N3O3/c1-33-24-7-5-21(18-25(24)34-17-8-20-4-6-22(27)19-23(20)28)26(32)31-15-13-30(14-16-31)12-11-29-9-2-3-10-29/h4-7,18-19H,2-3,8-17H2,1H3. The van der Waals surface area contributed by atoms with E-state index in [0.29, 0.717) is 40.1 Å². The third-order valence-corrected chi connectivity index (χ3v) is 7.23. The minimum atomic E-state index is 0.0347. The topological polar surface area (TPSA) is 45.2 Å². The number of carbonyl (C=O) groups excluding carboxylic acids is 1. The number of carbonyl (C=O) groups is 1. The number of rotatable bonds is 9. The monoisotopic (exact) mass is 505 g/mol. The van der Waals surface area contributed by atoms with Crippen molar-refractivity contribution in [1.82, 2.24) is 14.7 Å². The van der Waals surface area contributed by atoms with Gasteiger partial charge in [-0.2, -0.15) is 0 Å². The van der Waals surface area contributed by atoms with E-state index in [1.165, 1.54) is 25.9 Å². The summed E-state index contributed by atoms with van der Waals surface area (Å²) in [6, 6.07) is 10.8. The lowest BCUT2D eigenvalue weighted by Gasteiger charge is -2.35. The average molecular weight is 506 g/mol. The largest absolute Gasteiger partial charge is 0.493 e. The van der Waals surface area contributed by atoms with Gasteiger partial charge in [0.2, 0.25) is 0 Å². The summed E-state index contributed by atoms with van der Waals surface area (Å²) in [5, 5.41) is 1.22. The van der Waals surface area contributed by atoms with Gasteiger partial charge in [-0.3, -0.25) is 9.69 Å². The van der Waals surface area contributed by atoms with Crippen molar-refractivity contribution in [2.24, 2.45) is 0 Å². The molecular weight excluding hydrogens is 473 g/mol. The molecule has 0 N–H and O–H groups in total. The van der Waals surface area contributed by atoms with Crippen molar-refractivity contribution in [1.29, 1.82) is 0 Å². The highest BCUT2D eigenvalue weighted by Crippen LogP contribution is 2.29. The molecule has 0 unspecified atom stereocenters. The first-order valence-corrected chi connectivity index (χ1v) is 12.8. The lowest BCUT2D eigenvalue weighted by atomic mass is 10.1. The fraction of sp³-hybridized carbons (Fsp3) is 0.500. The Morgan fingerprint density at radius 2 is 1.59 bits per heavy atom. The fourth-order valence-corrected chi connectivity index (χ4v) is 5.07. The van der Waals surface area contributed by atoms with E-state index in [4.69, 9.17) is 32.7 Å². The van der Waals surface area contributed by atoms with Crippen LogP contribution in [0.5, 0.6) is 11.5 Å². The smallest absolute Gasteiger partial charge is 0.254 e. The maximum atomic E-state index is 13.2. The maximum absolute atomic E-state index is 13.2. The van der Waals surface area contributed by atoms with Crippen molar-refractivity contribution in [2.75, 3.05) is 66.1 Å². The highest BCUT2D eigenvalue weighted by molar-refractivity contribution is 6.35. The lowest BCUT2D eigenvalue weighted by molar-refractivity contribution is 0.0626. The fourth-order valence-electron chi connectivity index (χ4n) is 4.56. The highest BCUT2D eigenvalue weighted by atomic mass is 35.5. The van der Waals surface area contributed by atoms with Gasteiger partial charge in [-0.15, -0.1) is 0 Å². The summed E-state index contributed by atoms with van der Waals surface area (Å²) in [6.07, 6.45) is 3.27. The molecule has 2 heterocycles. The van der Waals surface area contributed by atoms with Gasteiger partial charge in [0, 0.05) is 61.3 Å². The minimum Gasteiger partial charge on any atom is -0.493 e. The van der Waals surface area contributed by atoms with E-state index in [9.17, 15) is 4.79 Å². The van der Waals surface area contributed by atoms with E-state index in [0.717, 1.165) is 44.8 Å². The molecule has 4 rings (SSSR count). The Hall–Kier alpha value is -1.99. The van der Waals surface area contributed by atoms with Gasteiger partial charge < -0.3 is 19.3 Å². The van der Waals surface area contributed by atoms with Crippen LogP contribution in [0, 0.1) is 0 Å². The predicted molar refractivity (Wildman–Crippen MR) is 137 cm³/mol. The zero-order valence-corrected chi connectivity index (χ0v) is 21.3. The SMILES string of the molecule is COc1ccc(C(=O)N2CCN(CCN3CCCC3)CC2)cc1OCCc1ccc(Cl)cc1Cl. The molecule has 184 valence electrons. The van der Waals surface area contributed by atoms with E-state index in [1.807, 2.05) is 23.1 Å². The first-order chi connectivity index (χ1) is 16.5. The van der Waals surface area contributed by atoms with Gasteiger partial charge in [0.05, 0.1) is 13.7 Å². The van der Waals surface area contributed by atoms with E-state index >= 15 is 0 Å². The molecule has 0 aliphatic carbocycles. The molecular formula is C26H33Cl2N3O3. The van der Waals surface area contributed by atoms with Crippen LogP contribution in [0.4, 0.5) is 0 Å².